The molecular weight excluding hydrogens is 264 g/mol. The average Bonchev–Trinajstić information content (AvgIpc) is 2.42. The van der Waals surface area contributed by atoms with Crippen molar-refractivity contribution in [3.63, 3.8) is 0 Å². The molecule has 0 aliphatic rings. The van der Waals surface area contributed by atoms with Crippen LogP contribution in [0.25, 0.3) is 0 Å². The van der Waals surface area contributed by atoms with Gasteiger partial charge in [0.25, 0.3) is 0 Å². The van der Waals surface area contributed by atoms with Crippen molar-refractivity contribution in [2.24, 2.45) is 0 Å². The van der Waals surface area contributed by atoms with E-state index in [1.165, 1.54) is 0 Å². The van der Waals surface area contributed by atoms with Gasteiger partial charge in [-0.3, -0.25) is 0 Å². The topological polar surface area (TPSA) is 35.5 Å². The summed E-state index contributed by atoms with van der Waals surface area (Å²) in [6, 6.07) is 13.7. The van der Waals surface area contributed by atoms with Crippen LogP contribution in [0.15, 0.2) is 48.5 Å². The maximum Gasteiger partial charge on any atom is 0.343 e. The van der Waals surface area contributed by atoms with Gasteiger partial charge < -0.3 is 9.47 Å². The van der Waals surface area contributed by atoms with E-state index in [-0.39, 0.29) is 0 Å². The molecule has 2 aromatic carbocycles. The van der Waals surface area contributed by atoms with Crippen molar-refractivity contribution in [1.29, 1.82) is 0 Å². The first kappa shape index (κ1) is 13.4. The zero-order valence-electron chi connectivity index (χ0n) is 10.4. The Hall–Kier alpha value is -2.00. The Morgan fingerprint density at radius 3 is 2.68 bits per heavy atom. The molecule has 0 saturated heterocycles. The summed E-state index contributed by atoms with van der Waals surface area (Å²) in [6.07, 6.45) is 0. The minimum atomic E-state index is -0.463. The van der Waals surface area contributed by atoms with Gasteiger partial charge in [0, 0.05) is 0 Å². The van der Waals surface area contributed by atoms with Gasteiger partial charge in [-0.15, -0.1) is 0 Å². The molecule has 19 heavy (non-hydrogen) atoms. The van der Waals surface area contributed by atoms with Crippen LogP contribution in [-0.4, -0.2) is 12.6 Å². The Labute approximate surface area is 116 Å². The first-order valence-electron chi connectivity index (χ1n) is 5.90. The molecule has 0 radical (unpaired) electrons. The lowest BCUT2D eigenvalue weighted by molar-refractivity contribution is 0.0734. The summed E-state index contributed by atoms with van der Waals surface area (Å²) < 4.78 is 10.6. The number of carbonyl (C=O) groups excluding carboxylic acids is 1. The van der Waals surface area contributed by atoms with Crippen molar-refractivity contribution in [2.75, 3.05) is 6.61 Å². The summed E-state index contributed by atoms with van der Waals surface area (Å²) in [5.41, 5.74) is 0.422. The van der Waals surface area contributed by atoms with Gasteiger partial charge in [0.15, 0.2) is 0 Å². The molecule has 0 aliphatic heterocycles. The molecule has 0 aliphatic carbocycles. The fourth-order valence-corrected chi connectivity index (χ4v) is 1.74. The molecule has 0 N–H and O–H groups in total. The second-order valence-corrected chi connectivity index (χ2v) is 4.19. The number of para-hydroxylation sites is 1. The molecule has 2 aromatic rings. The zero-order chi connectivity index (χ0) is 13.7. The zero-order valence-corrected chi connectivity index (χ0v) is 11.2. The van der Waals surface area contributed by atoms with Crippen molar-refractivity contribution in [1.82, 2.24) is 0 Å². The van der Waals surface area contributed by atoms with Crippen molar-refractivity contribution in [2.45, 2.75) is 6.92 Å². The second kappa shape index (κ2) is 6.25. The third kappa shape index (κ3) is 3.48. The summed E-state index contributed by atoms with van der Waals surface area (Å²) in [5.74, 6) is 0.516. The van der Waals surface area contributed by atoms with E-state index < -0.39 is 5.97 Å². The molecule has 2 rings (SSSR count). The molecule has 98 valence electrons. The minimum Gasteiger partial charge on any atom is -0.494 e. The predicted molar refractivity (Wildman–Crippen MR) is 74.0 cm³/mol. The van der Waals surface area contributed by atoms with Crippen LogP contribution in [0.5, 0.6) is 11.5 Å². The molecule has 0 heterocycles. The smallest absolute Gasteiger partial charge is 0.343 e. The second-order valence-electron chi connectivity index (χ2n) is 3.78. The maximum absolute atomic E-state index is 12.0. The number of carbonyl (C=O) groups is 1. The average molecular weight is 277 g/mol. The Kier molecular flexibility index (Phi) is 4.42. The van der Waals surface area contributed by atoms with E-state index in [0.717, 1.165) is 0 Å². The number of rotatable bonds is 4. The monoisotopic (exact) mass is 276 g/mol. The van der Waals surface area contributed by atoms with E-state index in [0.29, 0.717) is 28.7 Å². The van der Waals surface area contributed by atoms with Crippen molar-refractivity contribution < 1.29 is 14.3 Å². The van der Waals surface area contributed by atoms with Gasteiger partial charge in [0.2, 0.25) is 0 Å². The lowest BCUT2D eigenvalue weighted by Gasteiger charge is -2.07. The molecule has 0 fully saturated rings. The van der Waals surface area contributed by atoms with Crippen LogP contribution in [0.4, 0.5) is 0 Å². The van der Waals surface area contributed by atoms with Crippen LogP contribution in [0, 0.1) is 0 Å². The fourth-order valence-electron chi connectivity index (χ4n) is 1.57. The fraction of sp³-hybridized carbons (Fsp3) is 0.133. The lowest BCUT2D eigenvalue weighted by atomic mass is 10.2. The highest BCUT2D eigenvalue weighted by atomic mass is 35.5. The Bertz CT molecular complexity index is 581. The van der Waals surface area contributed by atoms with E-state index in [9.17, 15) is 4.79 Å². The predicted octanol–water partition coefficient (Wildman–Crippen LogP) is 3.96. The molecule has 4 heteroatoms. The molecule has 0 amide bonds. The van der Waals surface area contributed by atoms with Crippen molar-refractivity contribution >= 4 is 17.6 Å². The van der Waals surface area contributed by atoms with E-state index in [1.807, 2.05) is 6.92 Å². The van der Waals surface area contributed by atoms with Crippen LogP contribution >= 0.6 is 11.6 Å². The van der Waals surface area contributed by atoms with Crippen molar-refractivity contribution in [3.05, 3.63) is 59.1 Å². The van der Waals surface area contributed by atoms with Crippen molar-refractivity contribution in [3.8, 4) is 11.5 Å². The quantitative estimate of drug-likeness (QED) is 0.626. The molecular formula is C15H13ClO3. The number of esters is 1. The summed E-state index contributed by atoms with van der Waals surface area (Å²) in [6.45, 7) is 2.43. The molecule has 0 spiro atoms. The third-order valence-electron chi connectivity index (χ3n) is 2.42. The molecule has 0 aromatic heterocycles. The maximum atomic E-state index is 12.0. The standard InChI is InChI=1S/C15H13ClO3/c1-2-18-12-7-5-6-11(10-12)15(17)19-14-9-4-3-8-13(14)16/h3-10H,2H2,1H3. The van der Waals surface area contributed by atoms with Gasteiger partial charge >= 0.3 is 5.97 Å². The van der Waals surface area contributed by atoms with Gasteiger partial charge in [-0.2, -0.15) is 0 Å². The van der Waals surface area contributed by atoms with Crippen LogP contribution in [0.3, 0.4) is 0 Å². The number of halogens is 1. The number of benzene rings is 2. The number of hydrogen-bond donors (Lipinski definition) is 0. The van der Waals surface area contributed by atoms with E-state index >= 15 is 0 Å². The SMILES string of the molecule is CCOc1cccc(C(=O)Oc2ccccc2Cl)c1. The Morgan fingerprint density at radius 2 is 1.95 bits per heavy atom. The Morgan fingerprint density at radius 1 is 1.16 bits per heavy atom. The van der Waals surface area contributed by atoms with Gasteiger partial charge in [0.1, 0.15) is 11.5 Å². The van der Waals surface area contributed by atoms with Crippen LogP contribution in [-0.2, 0) is 0 Å². The van der Waals surface area contributed by atoms with Crippen LogP contribution in [0.2, 0.25) is 5.02 Å². The van der Waals surface area contributed by atoms with Gasteiger partial charge in [-0.05, 0) is 37.3 Å². The highest BCUT2D eigenvalue weighted by Gasteiger charge is 2.11. The Balaban J connectivity index is 2.16. The molecule has 0 unspecified atom stereocenters. The number of ether oxygens (including phenoxy) is 2. The third-order valence-corrected chi connectivity index (χ3v) is 2.73. The molecule has 0 saturated carbocycles. The first-order chi connectivity index (χ1) is 9.20. The summed E-state index contributed by atoms with van der Waals surface area (Å²) >= 11 is 5.93. The number of hydrogen-bond acceptors (Lipinski definition) is 3. The van der Waals surface area contributed by atoms with E-state index in [2.05, 4.69) is 0 Å². The summed E-state index contributed by atoms with van der Waals surface area (Å²) in [4.78, 5) is 12.0. The minimum absolute atomic E-state index is 0.343. The van der Waals surface area contributed by atoms with Crippen LogP contribution in [0.1, 0.15) is 17.3 Å². The lowest BCUT2D eigenvalue weighted by Crippen LogP contribution is -2.09. The van der Waals surface area contributed by atoms with E-state index in [4.69, 9.17) is 21.1 Å². The van der Waals surface area contributed by atoms with E-state index in [1.54, 1.807) is 48.5 Å². The van der Waals surface area contributed by atoms with Crippen LogP contribution < -0.4 is 9.47 Å². The molecule has 3 nitrogen and oxygen atoms in total. The largest absolute Gasteiger partial charge is 0.494 e. The molecule has 0 bridgehead atoms. The molecule has 0 atom stereocenters. The summed E-state index contributed by atoms with van der Waals surface area (Å²) in [7, 11) is 0. The van der Waals surface area contributed by atoms with Gasteiger partial charge in [-0.1, -0.05) is 29.8 Å². The normalized spacial score (nSPS) is 10.0. The van der Waals surface area contributed by atoms with Gasteiger partial charge in [-0.25, -0.2) is 4.79 Å². The highest BCUT2D eigenvalue weighted by molar-refractivity contribution is 6.32. The van der Waals surface area contributed by atoms with Gasteiger partial charge in [0.05, 0.1) is 17.2 Å². The first-order valence-corrected chi connectivity index (χ1v) is 6.28. The highest BCUT2D eigenvalue weighted by Crippen LogP contribution is 2.24. The summed E-state index contributed by atoms with van der Waals surface area (Å²) in [5, 5.41) is 0.400.